The van der Waals surface area contributed by atoms with Crippen LogP contribution < -0.4 is 14.8 Å². The number of nitrogens with one attached hydrogen (secondary N) is 1. The SMILES string of the molecule is C=C(CNCCC)COc1cc(C#N)cc(OC)c1. The highest BCUT2D eigenvalue weighted by molar-refractivity contribution is 5.43. The maximum atomic E-state index is 8.91. The molecule has 0 aliphatic rings. The van der Waals surface area contributed by atoms with Crippen LogP contribution in [0.5, 0.6) is 11.5 Å². The van der Waals surface area contributed by atoms with E-state index in [9.17, 15) is 0 Å². The van der Waals surface area contributed by atoms with Gasteiger partial charge in [0, 0.05) is 12.6 Å². The van der Waals surface area contributed by atoms with Crippen molar-refractivity contribution in [2.45, 2.75) is 13.3 Å². The van der Waals surface area contributed by atoms with Gasteiger partial charge < -0.3 is 14.8 Å². The Labute approximate surface area is 114 Å². The number of nitrogens with zero attached hydrogens (tertiary/aromatic N) is 1. The van der Waals surface area contributed by atoms with Gasteiger partial charge in [0.15, 0.2) is 0 Å². The smallest absolute Gasteiger partial charge is 0.124 e. The van der Waals surface area contributed by atoms with Gasteiger partial charge >= 0.3 is 0 Å². The molecule has 102 valence electrons. The first kappa shape index (κ1) is 15.1. The fourth-order valence-electron chi connectivity index (χ4n) is 1.52. The van der Waals surface area contributed by atoms with Crippen molar-refractivity contribution in [1.82, 2.24) is 5.32 Å². The highest BCUT2D eigenvalue weighted by Gasteiger charge is 2.03. The van der Waals surface area contributed by atoms with Crippen molar-refractivity contribution in [1.29, 1.82) is 5.26 Å². The molecule has 0 fully saturated rings. The van der Waals surface area contributed by atoms with Crippen molar-refractivity contribution in [3.8, 4) is 17.6 Å². The summed E-state index contributed by atoms with van der Waals surface area (Å²) < 4.78 is 10.7. The number of methoxy groups -OCH3 is 1. The maximum absolute atomic E-state index is 8.91. The highest BCUT2D eigenvalue weighted by atomic mass is 16.5. The van der Waals surface area contributed by atoms with Crippen molar-refractivity contribution in [2.75, 3.05) is 26.8 Å². The first-order valence-corrected chi connectivity index (χ1v) is 6.29. The van der Waals surface area contributed by atoms with Crippen LogP contribution in [0.25, 0.3) is 0 Å². The molecule has 0 atom stereocenters. The summed E-state index contributed by atoms with van der Waals surface area (Å²) in [5, 5.41) is 12.2. The molecule has 0 aliphatic heterocycles. The number of hydrogen-bond acceptors (Lipinski definition) is 4. The average Bonchev–Trinajstić information content (AvgIpc) is 2.45. The van der Waals surface area contributed by atoms with Gasteiger partial charge in [0.2, 0.25) is 0 Å². The van der Waals surface area contributed by atoms with E-state index in [1.54, 1.807) is 25.3 Å². The quantitative estimate of drug-likeness (QED) is 0.576. The minimum atomic E-state index is 0.425. The topological polar surface area (TPSA) is 54.3 Å². The Morgan fingerprint density at radius 3 is 2.74 bits per heavy atom. The van der Waals surface area contributed by atoms with Gasteiger partial charge in [-0.3, -0.25) is 0 Å². The normalized spacial score (nSPS) is 9.74. The summed E-state index contributed by atoms with van der Waals surface area (Å²) in [5.74, 6) is 1.23. The Bertz CT molecular complexity index is 464. The molecular formula is C15H20N2O2. The third-order valence-electron chi connectivity index (χ3n) is 2.49. The number of rotatable bonds is 8. The largest absolute Gasteiger partial charge is 0.497 e. The maximum Gasteiger partial charge on any atom is 0.124 e. The van der Waals surface area contributed by atoms with Crippen LogP contribution in [-0.2, 0) is 0 Å². The number of hydrogen-bond donors (Lipinski definition) is 1. The second-order valence-corrected chi connectivity index (χ2v) is 4.22. The van der Waals surface area contributed by atoms with Crippen LogP contribution in [0.15, 0.2) is 30.4 Å². The molecule has 1 rings (SSSR count). The summed E-state index contributed by atoms with van der Waals surface area (Å²) in [6.45, 7) is 8.19. The number of benzene rings is 1. The predicted octanol–water partition coefficient (Wildman–Crippen LogP) is 2.50. The van der Waals surface area contributed by atoms with Crippen LogP contribution in [0.3, 0.4) is 0 Å². The summed E-state index contributed by atoms with van der Waals surface area (Å²) in [5.41, 5.74) is 1.49. The third-order valence-corrected chi connectivity index (χ3v) is 2.49. The Kier molecular flexibility index (Phi) is 6.48. The molecular weight excluding hydrogens is 240 g/mol. The second kappa shape index (κ2) is 8.17. The van der Waals surface area contributed by atoms with Gasteiger partial charge in [-0.1, -0.05) is 13.5 Å². The molecule has 4 heteroatoms. The highest BCUT2D eigenvalue weighted by Crippen LogP contribution is 2.22. The van der Waals surface area contributed by atoms with Crippen LogP contribution >= 0.6 is 0 Å². The molecule has 1 N–H and O–H groups in total. The van der Waals surface area contributed by atoms with Crippen molar-refractivity contribution in [2.24, 2.45) is 0 Å². The molecule has 0 radical (unpaired) electrons. The van der Waals surface area contributed by atoms with Crippen molar-refractivity contribution in [3.63, 3.8) is 0 Å². The van der Waals surface area contributed by atoms with Gasteiger partial charge in [-0.05, 0) is 30.7 Å². The summed E-state index contributed by atoms with van der Waals surface area (Å²) >= 11 is 0. The molecule has 0 unspecified atom stereocenters. The van der Waals surface area contributed by atoms with E-state index in [0.29, 0.717) is 23.7 Å². The van der Waals surface area contributed by atoms with E-state index in [1.807, 2.05) is 0 Å². The summed E-state index contributed by atoms with van der Waals surface area (Å²) in [7, 11) is 1.56. The van der Waals surface area contributed by atoms with E-state index < -0.39 is 0 Å². The Morgan fingerprint density at radius 2 is 2.11 bits per heavy atom. The first-order chi connectivity index (χ1) is 9.19. The Hall–Kier alpha value is -1.99. The molecule has 0 spiro atoms. The fraction of sp³-hybridized carbons (Fsp3) is 0.400. The van der Waals surface area contributed by atoms with Crippen LogP contribution in [0.1, 0.15) is 18.9 Å². The molecule has 0 bridgehead atoms. The molecule has 0 amide bonds. The lowest BCUT2D eigenvalue weighted by molar-refractivity contribution is 0.343. The van der Waals surface area contributed by atoms with Gasteiger partial charge in [0.05, 0.1) is 18.7 Å². The Morgan fingerprint density at radius 1 is 1.37 bits per heavy atom. The number of nitriles is 1. The molecule has 0 aromatic heterocycles. The predicted molar refractivity (Wildman–Crippen MR) is 75.5 cm³/mol. The van der Waals surface area contributed by atoms with Crippen LogP contribution in [0.2, 0.25) is 0 Å². The van der Waals surface area contributed by atoms with E-state index in [1.165, 1.54) is 0 Å². The van der Waals surface area contributed by atoms with Crippen molar-refractivity contribution < 1.29 is 9.47 Å². The molecule has 1 aromatic rings. The fourth-order valence-corrected chi connectivity index (χ4v) is 1.52. The molecule has 1 aromatic carbocycles. The van der Waals surface area contributed by atoms with E-state index in [-0.39, 0.29) is 0 Å². The van der Waals surface area contributed by atoms with Gasteiger partial charge in [-0.15, -0.1) is 0 Å². The number of ether oxygens (including phenoxy) is 2. The summed E-state index contributed by atoms with van der Waals surface area (Å²) in [4.78, 5) is 0. The standard InChI is InChI=1S/C15H20N2O2/c1-4-5-17-10-12(2)11-19-15-7-13(9-16)6-14(8-15)18-3/h6-8,17H,2,4-5,10-11H2,1,3H3. The van der Waals surface area contributed by atoms with Gasteiger partial charge in [0.25, 0.3) is 0 Å². The van der Waals surface area contributed by atoms with Gasteiger partial charge in [-0.25, -0.2) is 0 Å². The van der Waals surface area contributed by atoms with E-state index in [2.05, 4.69) is 24.9 Å². The van der Waals surface area contributed by atoms with E-state index in [4.69, 9.17) is 14.7 Å². The Balaban J connectivity index is 2.53. The minimum absolute atomic E-state index is 0.425. The zero-order valence-corrected chi connectivity index (χ0v) is 11.5. The lowest BCUT2D eigenvalue weighted by atomic mass is 10.2. The summed E-state index contributed by atoms with van der Waals surface area (Å²) in [6.07, 6.45) is 1.09. The molecule has 4 nitrogen and oxygen atoms in total. The second-order valence-electron chi connectivity index (χ2n) is 4.22. The first-order valence-electron chi connectivity index (χ1n) is 6.29. The zero-order valence-electron chi connectivity index (χ0n) is 11.5. The zero-order chi connectivity index (χ0) is 14.1. The third kappa shape index (κ3) is 5.45. The lowest BCUT2D eigenvalue weighted by Crippen LogP contribution is -2.20. The molecule has 19 heavy (non-hydrogen) atoms. The van der Waals surface area contributed by atoms with Crippen LogP contribution in [0.4, 0.5) is 0 Å². The van der Waals surface area contributed by atoms with E-state index in [0.717, 1.165) is 25.1 Å². The average molecular weight is 260 g/mol. The van der Waals surface area contributed by atoms with Gasteiger partial charge in [-0.2, -0.15) is 5.26 Å². The van der Waals surface area contributed by atoms with Crippen molar-refractivity contribution >= 4 is 0 Å². The molecule has 0 saturated heterocycles. The van der Waals surface area contributed by atoms with E-state index >= 15 is 0 Å². The molecule has 0 heterocycles. The van der Waals surface area contributed by atoms with Gasteiger partial charge in [0.1, 0.15) is 18.1 Å². The van der Waals surface area contributed by atoms with Crippen LogP contribution in [-0.4, -0.2) is 26.8 Å². The molecule has 0 saturated carbocycles. The molecule has 0 aliphatic carbocycles. The monoisotopic (exact) mass is 260 g/mol. The van der Waals surface area contributed by atoms with Crippen molar-refractivity contribution in [3.05, 3.63) is 35.9 Å². The van der Waals surface area contributed by atoms with Crippen LogP contribution in [0, 0.1) is 11.3 Å². The lowest BCUT2D eigenvalue weighted by Gasteiger charge is -2.11. The summed E-state index contributed by atoms with van der Waals surface area (Å²) in [6, 6.07) is 7.20. The minimum Gasteiger partial charge on any atom is -0.497 e.